The predicted octanol–water partition coefficient (Wildman–Crippen LogP) is 3.21. The predicted molar refractivity (Wildman–Crippen MR) is 107 cm³/mol. The fourth-order valence-corrected chi connectivity index (χ4v) is 4.28. The normalized spacial score (nSPS) is 14.2. The molecule has 12 heteroatoms. The van der Waals surface area contributed by atoms with Crippen LogP contribution in [0, 0.1) is 26.0 Å². The van der Waals surface area contributed by atoms with Crippen LogP contribution >= 0.6 is 11.3 Å². The number of carbonyl (C=O) groups is 1. The Kier molecular flexibility index (Phi) is 4.99. The van der Waals surface area contributed by atoms with E-state index in [4.69, 9.17) is 0 Å². The zero-order valence-corrected chi connectivity index (χ0v) is 16.2. The molecule has 0 radical (unpaired) electrons. The number of aromatic nitrogens is 1. The quantitative estimate of drug-likeness (QED) is 0.459. The Morgan fingerprint density at radius 2 is 1.63 bits per heavy atom. The van der Waals surface area contributed by atoms with Crippen LogP contribution in [-0.4, -0.2) is 51.8 Å². The van der Waals surface area contributed by atoms with E-state index in [9.17, 15) is 29.4 Å². The first-order valence-electron chi connectivity index (χ1n) is 8.86. The molecule has 10 nitrogen and oxygen atoms in total. The number of benzene rings is 2. The fraction of sp³-hybridized carbons (Fsp3) is 0.222. The van der Waals surface area contributed by atoms with Crippen molar-refractivity contribution in [1.29, 1.82) is 0 Å². The molecule has 0 bridgehead atoms. The number of non-ortho nitro benzene ring substituents is 2. The molecule has 1 aliphatic rings. The first kappa shape index (κ1) is 19.6. The first-order valence-corrected chi connectivity index (χ1v) is 9.67. The van der Waals surface area contributed by atoms with Gasteiger partial charge in [-0.2, -0.15) is 0 Å². The number of nitro benzene ring substituents is 2. The number of hydrogen-bond donors (Lipinski definition) is 0. The van der Waals surface area contributed by atoms with Crippen LogP contribution in [-0.2, 0) is 0 Å². The van der Waals surface area contributed by atoms with Crippen LogP contribution in [0.25, 0.3) is 10.2 Å². The van der Waals surface area contributed by atoms with Gasteiger partial charge in [0.05, 0.1) is 31.7 Å². The number of anilines is 1. The molecule has 30 heavy (non-hydrogen) atoms. The van der Waals surface area contributed by atoms with Crippen LogP contribution in [0.2, 0.25) is 0 Å². The molecule has 0 atom stereocenters. The first-order chi connectivity index (χ1) is 14.3. The van der Waals surface area contributed by atoms with Crippen molar-refractivity contribution >= 4 is 44.0 Å². The third kappa shape index (κ3) is 3.76. The molecule has 1 aliphatic heterocycles. The lowest BCUT2D eigenvalue weighted by molar-refractivity contribution is -0.394. The summed E-state index contributed by atoms with van der Waals surface area (Å²) in [5.41, 5.74) is -0.417. The number of carbonyl (C=O) groups excluding carboxylic acids is 1. The third-order valence-corrected chi connectivity index (χ3v) is 5.83. The van der Waals surface area contributed by atoms with Gasteiger partial charge in [0.1, 0.15) is 5.82 Å². The maximum Gasteiger partial charge on any atom is 0.277 e. The van der Waals surface area contributed by atoms with Crippen molar-refractivity contribution in [3.05, 3.63) is 68.0 Å². The number of nitro groups is 2. The topological polar surface area (TPSA) is 123 Å². The standard InChI is InChI=1S/C18H14FN5O5S/c19-12-1-2-15-16(9-12)30-18(20-15)22-5-3-21(4-6-22)17(25)11-7-13(23(26)27)10-14(8-11)24(28)29/h1-2,7-10H,3-6H2. The van der Waals surface area contributed by atoms with Gasteiger partial charge in [-0.05, 0) is 18.2 Å². The molecule has 0 spiro atoms. The summed E-state index contributed by atoms with van der Waals surface area (Å²) in [5.74, 6) is -0.841. The summed E-state index contributed by atoms with van der Waals surface area (Å²) in [5, 5.41) is 22.8. The van der Waals surface area contributed by atoms with E-state index in [1.165, 1.54) is 28.4 Å². The van der Waals surface area contributed by atoms with Gasteiger partial charge in [-0.25, -0.2) is 9.37 Å². The number of hydrogen-bond acceptors (Lipinski definition) is 8. The molecule has 4 rings (SSSR count). The van der Waals surface area contributed by atoms with Gasteiger partial charge in [0.15, 0.2) is 5.13 Å². The van der Waals surface area contributed by atoms with E-state index in [2.05, 4.69) is 4.98 Å². The van der Waals surface area contributed by atoms with Crippen molar-refractivity contribution in [2.45, 2.75) is 0 Å². The molecule has 0 N–H and O–H groups in total. The lowest BCUT2D eigenvalue weighted by Gasteiger charge is -2.34. The van der Waals surface area contributed by atoms with E-state index < -0.39 is 27.1 Å². The highest BCUT2D eigenvalue weighted by Gasteiger charge is 2.27. The summed E-state index contributed by atoms with van der Waals surface area (Å²) in [6.07, 6.45) is 0. The minimum absolute atomic E-state index is 0.0974. The van der Waals surface area contributed by atoms with Crippen molar-refractivity contribution in [1.82, 2.24) is 9.88 Å². The Morgan fingerprint density at radius 1 is 1.00 bits per heavy atom. The van der Waals surface area contributed by atoms with E-state index in [1.807, 2.05) is 4.90 Å². The van der Waals surface area contributed by atoms with Crippen LogP contribution in [0.4, 0.5) is 20.9 Å². The summed E-state index contributed by atoms with van der Waals surface area (Å²) in [7, 11) is 0. The molecule has 3 aromatic rings. The van der Waals surface area contributed by atoms with Crippen molar-refractivity contribution < 1.29 is 19.0 Å². The molecule has 1 saturated heterocycles. The average molecular weight is 431 g/mol. The Hall–Kier alpha value is -3.67. The summed E-state index contributed by atoms with van der Waals surface area (Å²) in [4.78, 5) is 41.3. The van der Waals surface area contributed by atoms with E-state index >= 15 is 0 Å². The Morgan fingerprint density at radius 3 is 2.23 bits per heavy atom. The van der Waals surface area contributed by atoms with Gasteiger partial charge >= 0.3 is 0 Å². The minimum atomic E-state index is -0.766. The molecule has 154 valence electrons. The Labute approximate surface area is 172 Å². The highest BCUT2D eigenvalue weighted by atomic mass is 32.1. The second kappa shape index (κ2) is 7.63. The zero-order valence-electron chi connectivity index (χ0n) is 15.4. The van der Waals surface area contributed by atoms with Gasteiger partial charge in [0.25, 0.3) is 17.3 Å². The van der Waals surface area contributed by atoms with E-state index in [-0.39, 0.29) is 11.4 Å². The second-order valence-corrected chi connectivity index (χ2v) is 7.65. The fourth-order valence-electron chi connectivity index (χ4n) is 3.23. The lowest BCUT2D eigenvalue weighted by Crippen LogP contribution is -2.48. The summed E-state index contributed by atoms with van der Waals surface area (Å²) in [6, 6.07) is 7.30. The molecular formula is C18H14FN5O5S. The van der Waals surface area contributed by atoms with Crippen molar-refractivity contribution in [3.8, 4) is 0 Å². The number of amides is 1. The maximum absolute atomic E-state index is 13.4. The van der Waals surface area contributed by atoms with Gasteiger partial charge in [0.2, 0.25) is 0 Å². The molecule has 1 amide bonds. The smallest absolute Gasteiger partial charge is 0.277 e. The van der Waals surface area contributed by atoms with Gasteiger partial charge < -0.3 is 9.80 Å². The molecule has 2 aromatic carbocycles. The van der Waals surface area contributed by atoms with Gasteiger partial charge in [0, 0.05) is 38.3 Å². The SMILES string of the molecule is O=C(c1cc([N+](=O)[O-])cc([N+](=O)[O-])c1)N1CCN(c2nc3ccc(F)cc3s2)CC1. The van der Waals surface area contributed by atoms with Crippen LogP contribution < -0.4 is 4.90 Å². The molecule has 1 fully saturated rings. The Bertz CT molecular complexity index is 1140. The van der Waals surface area contributed by atoms with Gasteiger partial charge in [-0.15, -0.1) is 0 Å². The number of halogens is 1. The molecular weight excluding hydrogens is 417 g/mol. The van der Waals surface area contributed by atoms with Crippen molar-refractivity contribution in [3.63, 3.8) is 0 Å². The highest BCUT2D eigenvalue weighted by molar-refractivity contribution is 7.22. The molecule has 0 saturated carbocycles. The van der Waals surface area contributed by atoms with E-state index in [1.54, 1.807) is 6.07 Å². The van der Waals surface area contributed by atoms with Gasteiger partial charge in [-0.1, -0.05) is 11.3 Å². The largest absolute Gasteiger partial charge is 0.345 e. The van der Waals surface area contributed by atoms with Crippen LogP contribution in [0.1, 0.15) is 10.4 Å². The molecule has 1 aromatic heterocycles. The van der Waals surface area contributed by atoms with Crippen LogP contribution in [0.15, 0.2) is 36.4 Å². The number of nitrogens with zero attached hydrogens (tertiary/aromatic N) is 5. The van der Waals surface area contributed by atoms with Crippen LogP contribution in [0.3, 0.4) is 0 Å². The summed E-state index contributed by atoms with van der Waals surface area (Å²) >= 11 is 1.36. The average Bonchev–Trinajstić information content (AvgIpc) is 3.16. The van der Waals surface area contributed by atoms with Gasteiger partial charge in [-0.3, -0.25) is 25.0 Å². The summed E-state index contributed by atoms with van der Waals surface area (Å²) < 4.78 is 14.1. The molecule has 2 heterocycles. The zero-order chi connectivity index (χ0) is 21.4. The molecule has 0 unspecified atom stereocenters. The van der Waals surface area contributed by atoms with Crippen LogP contribution in [0.5, 0.6) is 0 Å². The number of piperazine rings is 1. The van der Waals surface area contributed by atoms with E-state index in [0.29, 0.717) is 36.8 Å². The maximum atomic E-state index is 13.4. The molecule has 0 aliphatic carbocycles. The van der Waals surface area contributed by atoms with E-state index in [0.717, 1.165) is 22.9 Å². The number of thiazole rings is 1. The third-order valence-electron chi connectivity index (χ3n) is 4.75. The highest BCUT2D eigenvalue weighted by Crippen LogP contribution is 2.30. The summed E-state index contributed by atoms with van der Waals surface area (Å²) in [6.45, 7) is 1.56. The number of rotatable bonds is 4. The lowest BCUT2D eigenvalue weighted by atomic mass is 10.1. The second-order valence-electron chi connectivity index (χ2n) is 6.64. The van der Waals surface area contributed by atoms with Crippen molar-refractivity contribution in [2.24, 2.45) is 0 Å². The monoisotopic (exact) mass is 431 g/mol. The van der Waals surface area contributed by atoms with Crippen molar-refractivity contribution in [2.75, 3.05) is 31.1 Å². The minimum Gasteiger partial charge on any atom is -0.345 e. The Balaban J connectivity index is 1.50. The number of fused-ring (bicyclic) bond motifs is 1.